The van der Waals surface area contributed by atoms with Crippen molar-refractivity contribution < 1.29 is 9.53 Å². The van der Waals surface area contributed by atoms with E-state index in [-0.39, 0.29) is 23.2 Å². The Kier molecular flexibility index (Phi) is 4.06. The first kappa shape index (κ1) is 17.1. The Balaban J connectivity index is 1.94. The van der Waals surface area contributed by atoms with E-state index in [4.69, 9.17) is 4.74 Å². The number of thioether (sulfide) groups is 1. The van der Waals surface area contributed by atoms with Gasteiger partial charge in [0.2, 0.25) is 11.1 Å². The zero-order valence-electron chi connectivity index (χ0n) is 15.3. The van der Waals surface area contributed by atoms with Crippen LogP contribution in [0.2, 0.25) is 0 Å². The van der Waals surface area contributed by atoms with Gasteiger partial charge in [0.15, 0.2) is 0 Å². The topological polar surface area (TPSA) is 69.0 Å². The predicted molar refractivity (Wildman–Crippen MR) is 102 cm³/mol. The van der Waals surface area contributed by atoms with Gasteiger partial charge < -0.3 is 10.1 Å². The highest BCUT2D eigenvalue weighted by Crippen LogP contribution is 2.47. The zero-order valence-corrected chi connectivity index (χ0v) is 16.1. The molecule has 4 rings (SSSR count). The fourth-order valence-corrected chi connectivity index (χ4v) is 4.26. The van der Waals surface area contributed by atoms with Gasteiger partial charge in [-0.3, -0.25) is 4.79 Å². The lowest BCUT2D eigenvalue weighted by molar-refractivity contribution is -0.125. The molecule has 0 amide bonds. The van der Waals surface area contributed by atoms with Gasteiger partial charge in [0.1, 0.15) is 11.5 Å². The van der Waals surface area contributed by atoms with Crippen LogP contribution in [0.15, 0.2) is 41.2 Å². The number of carbonyl (C=O) groups is 1. The molecule has 6 nitrogen and oxygen atoms in total. The maximum atomic E-state index is 13.1. The van der Waals surface area contributed by atoms with Crippen molar-refractivity contribution >= 4 is 23.5 Å². The molecule has 0 spiro atoms. The second kappa shape index (κ2) is 6.16. The summed E-state index contributed by atoms with van der Waals surface area (Å²) in [6.45, 7) is 4.17. The molecule has 136 valence electrons. The molecule has 1 aromatic heterocycles. The normalized spacial score (nSPS) is 23.5. The number of rotatable bonds is 3. The molecule has 2 atom stereocenters. The molecule has 0 saturated heterocycles. The van der Waals surface area contributed by atoms with E-state index in [9.17, 15) is 4.79 Å². The molecule has 2 aromatic rings. The van der Waals surface area contributed by atoms with Crippen molar-refractivity contribution in [3.63, 3.8) is 0 Å². The van der Waals surface area contributed by atoms with Gasteiger partial charge in [-0.05, 0) is 17.7 Å². The lowest BCUT2D eigenvalue weighted by Gasteiger charge is -2.40. The number of carbonyl (C=O) groups excluding carboxylic acids is 1. The van der Waals surface area contributed by atoms with Crippen molar-refractivity contribution in [1.82, 2.24) is 14.8 Å². The van der Waals surface area contributed by atoms with Crippen LogP contribution in [0.3, 0.4) is 0 Å². The molecule has 1 aromatic carbocycles. The number of hydrogen-bond donors (Lipinski definition) is 1. The number of ketones is 1. The molecule has 1 aliphatic carbocycles. The van der Waals surface area contributed by atoms with Crippen LogP contribution in [0.4, 0.5) is 5.95 Å². The van der Waals surface area contributed by atoms with E-state index >= 15 is 0 Å². The lowest BCUT2D eigenvalue weighted by atomic mass is 9.72. The largest absolute Gasteiger partial charge is 0.496 e. The SMILES string of the molecule is COc1ccccc1[C@H]1[C@@H]2C(=O)CC(C)(C)C=C2Nc2nc(SC)nn21. The summed E-state index contributed by atoms with van der Waals surface area (Å²) in [5, 5.41) is 8.67. The van der Waals surface area contributed by atoms with E-state index in [1.54, 1.807) is 7.11 Å². The Morgan fingerprint density at radius 1 is 1.35 bits per heavy atom. The van der Waals surface area contributed by atoms with Crippen LogP contribution >= 0.6 is 11.8 Å². The Hall–Kier alpha value is -2.28. The highest BCUT2D eigenvalue weighted by molar-refractivity contribution is 7.98. The van der Waals surface area contributed by atoms with Crippen molar-refractivity contribution in [2.45, 2.75) is 31.5 Å². The van der Waals surface area contributed by atoms with Gasteiger partial charge in [-0.25, -0.2) is 4.68 Å². The number of methoxy groups -OCH3 is 1. The number of aromatic nitrogens is 3. The van der Waals surface area contributed by atoms with Crippen LogP contribution in [0.5, 0.6) is 5.75 Å². The number of nitrogens with zero attached hydrogens (tertiary/aromatic N) is 3. The summed E-state index contributed by atoms with van der Waals surface area (Å²) in [7, 11) is 1.65. The second-order valence-electron chi connectivity index (χ2n) is 7.39. The highest BCUT2D eigenvalue weighted by Gasteiger charge is 2.45. The first-order chi connectivity index (χ1) is 12.4. The predicted octanol–water partition coefficient (Wildman–Crippen LogP) is 3.52. The number of allylic oxidation sites excluding steroid dienone is 2. The van der Waals surface area contributed by atoms with E-state index in [1.165, 1.54) is 11.8 Å². The third kappa shape index (κ3) is 2.70. The van der Waals surface area contributed by atoms with Crippen LogP contribution < -0.4 is 10.1 Å². The van der Waals surface area contributed by atoms with Crippen LogP contribution in [0, 0.1) is 11.3 Å². The minimum absolute atomic E-state index is 0.175. The van der Waals surface area contributed by atoms with Gasteiger partial charge in [0.05, 0.1) is 19.1 Å². The summed E-state index contributed by atoms with van der Waals surface area (Å²) >= 11 is 1.48. The van der Waals surface area contributed by atoms with Crippen LogP contribution in [-0.4, -0.2) is 33.9 Å². The fraction of sp³-hybridized carbons (Fsp3) is 0.421. The van der Waals surface area contributed by atoms with Gasteiger partial charge in [-0.2, -0.15) is 4.98 Å². The zero-order chi connectivity index (χ0) is 18.5. The van der Waals surface area contributed by atoms with E-state index in [2.05, 4.69) is 35.3 Å². The lowest BCUT2D eigenvalue weighted by Crippen LogP contribution is -2.42. The number of para-hydroxylation sites is 1. The van der Waals surface area contributed by atoms with Crippen molar-refractivity contribution in [1.29, 1.82) is 0 Å². The number of hydrogen-bond acceptors (Lipinski definition) is 6. The minimum atomic E-state index is -0.316. The highest BCUT2D eigenvalue weighted by atomic mass is 32.2. The fourth-order valence-electron chi connectivity index (χ4n) is 3.92. The van der Waals surface area contributed by atoms with Gasteiger partial charge in [0, 0.05) is 17.7 Å². The quantitative estimate of drug-likeness (QED) is 0.834. The summed E-state index contributed by atoms with van der Waals surface area (Å²) in [4.78, 5) is 17.7. The van der Waals surface area contributed by atoms with Crippen molar-refractivity contribution in [3.05, 3.63) is 41.6 Å². The number of Topliss-reactive ketones (excluding diaryl/α,β-unsaturated/α-hetero) is 1. The minimum Gasteiger partial charge on any atom is -0.496 e. The molecule has 0 saturated carbocycles. The second-order valence-corrected chi connectivity index (χ2v) is 8.16. The Morgan fingerprint density at radius 2 is 2.12 bits per heavy atom. The van der Waals surface area contributed by atoms with E-state index in [0.29, 0.717) is 17.5 Å². The summed E-state index contributed by atoms with van der Waals surface area (Å²) in [5.74, 6) is 1.31. The molecule has 0 fully saturated rings. The molecule has 7 heteroatoms. The van der Waals surface area contributed by atoms with E-state index in [1.807, 2.05) is 35.2 Å². The van der Waals surface area contributed by atoms with Crippen molar-refractivity contribution in [2.24, 2.45) is 11.3 Å². The Labute approximate surface area is 157 Å². The summed E-state index contributed by atoms with van der Waals surface area (Å²) in [5.41, 5.74) is 1.68. The van der Waals surface area contributed by atoms with Gasteiger partial charge in [-0.15, -0.1) is 5.10 Å². The van der Waals surface area contributed by atoms with Crippen LogP contribution in [0.25, 0.3) is 0 Å². The van der Waals surface area contributed by atoms with E-state index < -0.39 is 0 Å². The summed E-state index contributed by atoms with van der Waals surface area (Å²) in [6, 6.07) is 7.55. The first-order valence-corrected chi connectivity index (χ1v) is 9.82. The number of ether oxygens (including phenoxy) is 1. The standard InChI is InChI=1S/C19H22N4O2S/c1-19(2)9-12-15(13(24)10-19)16(11-7-5-6-8-14(11)25-3)23-17(20-12)21-18(22-23)26-4/h5-9,15-16H,10H2,1-4H3,(H,20,21,22)/t15-,16-/m0/s1. The molecule has 1 aliphatic heterocycles. The Bertz CT molecular complexity index is 903. The smallest absolute Gasteiger partial charge is 0.227 e. The third-order valence-corrected chi connectivity index (χ3v) is 5.48. The molecule has 0 bridgehead atoms. The summed E-state index contributed by atoms with van der Waals surface area (Å²) < 4.78 is 7.42. The number of nitrogens with one attached hydrogen (secondary N) is 1. The molecule has 0 radical (unpaired) electrons. The average molecular weight is 370 g/mol. The Morgan fingerprint density at radius 3 is 2.85 bits per heavy atom. The summed E-state index contributed by atoms with van der Waals surface area (Å²) in [6.07, 6.45) is 4.62. The van der Waals surface area contributed by atoms with Crippen LogP contribution in [0.1, 0.15) is 31.9 Å². The van der Waals surface area contributed by atoms with Gasteiger partial charge >= 0.3 is 0 Å². The first-order valence-electron chi connectivity index (χ1n) is 8.59. The van der Waals surface area contributed by atoms with E-state index in [0.717, 1.165) is 17.0 Å². The monoisotopic (exact) mass is 370 g/mol. The molecule has 0 unspecified atom stereocenters. The third-order valence-electron chi connectivity index (χ3n) is 4.95. The van der Waals surface area contributed by atoms with Gasteiger partial charge in [0.25, 0.3) is 0 Å². The maximum Gasteiger partial charge on any atom is 0.227 e. The molecular weight excluding hydrogens is 348 g/mol. The number of fused-ring (bicyclic) bond motifs is 2. The van der Waals surface area contributed by atoms with Gasteiger partial charge in [-0.1, -0.05) is 49.9 Å². The maximum absolute atomic E-state index is 13.1. The number of anilines is 1. The van der Waals surface area contributed by atoms with Crippen LogP contribution in [-0.2, 0) is 4.79 Å². The molecule has 2 heterocycles. The number of benzene rings is 1. The average Bonchev–Trinajstić information content (AvgIpc) is 3.01. The molecule has 2 aliphatic rings. The molecule has 1 N–H and O–H groups in total. The van der Waals surface area contributed by atoms with Crippen molar-refractivity contribution in [3.8, 4) is 5.75 Å². The molecular formula is C19H22N4O2S. The van der Waals surface area contributed by atoms with Crippen molar-refractivity contribution in [2.75, 3.05) is 18.7 Å². The molecule has 26 heavy (non-hydrogen) atoms.